The smallest absolute Gasteiger partial charge is 0.277 e. The maximum Gasteiger partial charge on any atom is 0.277 e. The second kappa shape index (κ2) is 6.75. The summed E-state index contributed by atoms with van der Waals surface area (Å²) in [6.45, 7) is 2.31. The molecule has 1 aromatic carbocycles. The molecule has 0 saturated heterocycles. The highest BCUT2D eigenvalue weighted by Gasteiger charge is 2.26. The molecule has 0 bridgehead atoms. The lowest BCUT2D eigenvalue weighted by Gasteiger charge is -2.17. The molecule has 1 aromatic heterocycles. The fourth-order valence-corrected chi connectivity index (χ4v) is 2.64. The second-order valence-electron chi connectivity index (χ2n) is 5.83. The van der Waals surface area contributed by atoms with Gasteiger partial charge >= 0.3 is 0 Å². The van der Waals surface area contributed by atoms with Crippen LogP contribution in [0.3, 0.4) is 0 Å². The first-order valence-electron chi connectivity index (χ1n) is 7.76. The molecule has 2 heterocycles. The predicted octanol–water partition coefficient (Wildman–Crippen LogP) is 1.65. The van der Waals surface area contributed by atoms with Gasteiger partial charge in [-0.2, -0.15) is 0 Å². The van der Waals surface area contributed by atoms with Gasteiger partial charge in [0.2, 0.25) is 5.95 Å². The molecule has 6 heteroatoms. The number of nitrogens with one attached hydrogen (secondary N) is 1. The van der Waals surface area contributed by atoms with Crippen LogP contribution < -0.4 is 10.2 Å². The van der Waals surface area contributed by atoms with Crippen molar-refractivity contribution < 1.29 is 4.79 Å². The third-order valence-electron chi connectivity index (χ3n) is 3.85. The first-order chi connectivity index (χ1) is 11.1. The Bertz CT molecular complexity index is 701. The number of benzene rings is 1. The SMILES string of the molecule is CN(C)CCNc1nccc(C(=O)N2CCc3ccccc32)n1. The van der Waals surface area contributed by atoms with Gasteiger partial charge in [0.05, 0.1) is 0 Å². The van der Waals surface area contributed by atoms with Crippen molar-refractivity contribution in [2.24, 2.45) is 0 Å². The van der Waals surface area contributed by atoms with E-state index in [0.29, 0.717) is 18.2 Å². The highest BCUT2D eigenvalue weighted by atomic mass is 16.2. The number of anilines is 2. The quantitative estimate of drug-likeness (QED) is 0.910. The van der Waals surface area contributed by atoms with Gasteiger partial charge in [-0.05, 0) is 38.2 Å². The number of carbonyl (C=O) groups excluding carboxylic acids is 1. The molecule has 0 atom stereocenters. The van der Waals surface area contributed by atoms with Gasteiger partial charge in [-0.25, -0.2) is 9.97 Å². The highest BCUT2D eigenvalue weighted by molar-refractivity contribution is 6.06. The summed E-state index contributed by atoms with van der Waals surface area (Å²) >= 11 is 0. The van der Waals surface area contributed by atoms with E-state index < -0.39 is 0 Å². The zero-order chi connectivity index (χ0) is 16.2. The van der Waals surface area contributed by atoms with Crippen LogP contribution in [0.2, 0.25) is 0 Å². The lowest BCUT2D eigenvalue weighted by Crippen LogP contribution is -2.30. The molecular weight excluding hydrogens is 290 g/mol. The molecular formula is C17H21N5O. The zero-order valence-electron chi connectivity index (χ0n) is 13.5. The van der Waals surface area contributed by atoms with Crippen LogP contribution in [0.25, 0.3) is 0 Å². The fourth-order valence-electron chi connectivity index (χ4n) is 2.64. The third kappa shape index (κ3) is 3.48. The van der Waals surface area contributed by atoms with E-state index in [9.17, 15) is 4.79 Å². The Morgan fingerprint density at radius 2 is 2.13 bits per heavy atom. The Morgan fingerprint density at radius 1 is 1.30 bits per heavy atom. The van der Waals surface area contributed by atoms with Gasteiger partial charge in [-0.1, -0.05) is 18.2 Å². The van der Waals surface area contributed by atoms with E-state index in [4.69, 9.17) is 0 Å². The van der Waals surface area contributed by atoms with Crippen molar-refractivity contribution in [2.45, 2.75) is 6.42 Å². The van der Waals surface area contributed by atoms with Gasteiger partial charge in [0.1, 0.15) is 5.69 Å². The van der Waals surface area contributed by atoms with E-state index in [0.717, 1.165) is 25.2 Å². The average molecular weight is 311 g/mol. The van der Waals surface area contributed by atoms with Crippen molar-refractivity contribution >= 4 is 17.5 Å². The number of rotatable bonds is 5. The number of amides is 1. The molecule has 1 N–H and O–H groups in total. The van der Waals surface area contributed by atoms with Crippen LogP contribution in [0.4, 0.5) is 11.6 Å². The van der Waals surface area contributed by atoms with Crippen LogP contribution in [-0.4, -0.2) is 54.5 Å². The van der Waals surface area contributed by atoms with Crippen molar-refractivity contribution in [3.8, 4) is 0 Å². The third-order valence-corrected chi connectivity index (χ3v) is 3.85. The Balaban J connectivity index is 1.73. The second-order valence-corrected chi connectivity index (χ2v) is 5.83. The van der Waals surface area contributed by atoms with Crippen LogP contribution in [-0.2, 0) is 6.42 Å². The number of fused-ring (bicyclic) bond motifs is 1. The molecule has 1 amide bonds. The molecule has 1 aliphatic heterocycles. The molecule has 6 nitrogen and oxygen atoms in total. The monoisotopic (exact) mass is 311 g/mol. The number of para-hydroxylation sites is 1. The maximum absolute atomic E-state index is 12.7. The fraction of sp³-hybridized carbons (Fsp3) is 0.353. The van der Waals surface area contributed by atoms with E-state index in [1.165, 1.54) is 5.56 Å². The molecule has 2 aromatic rings. The number of likely N-dealkylation sites (N-methyl/N-ethyl adjacent to an activating group) is 1. The largest absolute Gasteiger partial charge is 0.353 e. The Morgan fingerprint density at radius 3 is 2.96 bits per heavy atom. The van der Waals surface area contributed by atoms with Gasteiger partial charge in [-0.15, -0.1) is 0 Å². The van der Waals surface area contributed by atoms with Gasteiger partial charge in [0.15, 0.2) is 0 Å². The summed E-state index contributed by atoms with van der Waals surface area (Å²) in [5.41, 5.74) is 2.61. The van der Waals surface area contributed by atoms with Gasteiger partial charge in [0.25, 0.3) is 5.91 Å². The molecule has 0 radical (unpaired) electrons. The van der Waals surface area contributed by atoms with E-state index in [1.807, 2.05) is 32.3 Å². The van der Waals surface area contributed by atoms with E-state index in [-0.39, 0.29) is 5.91 Å². The summed E-state index contributed by atoms with van der Waals surface area (Å²) in [6.07, 6.45) is 2.52. The summed E-state index contributed by atoms with van der Waals surface area (Å²) in [7, 11) is 4.01. The molecule has 120 valence electrons. The van der Waals surface area contributed by atoms with Gasteiger partial charge in [-0.3, -0.25) is 4.79 Å². The van der Waals surface area contributed by atoms with Crippen LogP contribution in [0.5, 0.6) is 0 Å². The van der Waals surface area contributed by atoms with E-state index >= 15 is 0 Å². The molecule has 3 rings (SSSR count). The molecule has 0 spiro atoms. The van der Waals surface area contributed by atoms with Crippen molar-refractivity contribution in [1.29, 1.82) is 0 Å². The average Bonchev–Trinajstić information content (AvgIpc) is 2.98. The first kappa shape index (κ1) is 15.4. The number of hydrogen-bond acceptors (Lipinski definition) is 5. The maximum atomic E-state index is 12.7. The topological polar surface area (TPSA) is 61.4 Å². The summed E-state index contributed by atoms with van der Waals surface area (Å²) in [4.78, 5) is 25.1. The van der Waals surface area contributed by atoms with Crippen LogP contribution in [0.15, 0.2) is 36.5 Å². The van der Waals surface area contributed by atoms with Crippen molar-refractivity contribution in [1.82, 2.24) is 14.9 Å². The minimum absolute atomic E-state index is 0.0759. The molecule has 0 aliphatic carbocycles. The minimum atomic E-state index is -0.0759. The Kier molecular flexibility index (Phi) is 4.52. The minimum Gasteiger partial charge on any atom is -0.353 e. The summed E-state index contributed by atoms with van der Waals surface area (Å²) < 4.78 is 0. The lowest BCUT2D eigenvalue weighted by molar-refractivity contribution is 0.0984. The van der Waals surface area contributed by atoms with E-state index in [1.54, 1.807) is 17.2 Å². The lowest BCUT2D eigenvalue weighted by atomic mass is 10.2. The van der Waals surface area contributed by atoms with Crippen LogP contribution in [0, 0.1) is 0 Å². The molecule has 23 heavy (non-hydrogen) atoms. The van der Waals surface area contributed by atoms with Gasteiger partial charge in [0, 0.05) is 31.5 Å². The normalized spacial score (nSPS) is 13.3. The number of hydrogen-bond donors (Lipinski definition) is 1. The van der Waals surface area contributed by atoms with Crippen LogP contribution in [0.1, 0.15) is 16.1 Å². The summed E-state index contributed by atoms with van der Waals surface area (Å²) in [5.74, 6) is 0.415. The first-order valence-corrected chi connectivity index (χ1v) is 7.76. The van der Waals surface area contributed by atoms with Crippen molar-refractivity contribution in [3.05, 3.63) is 47.8 Å². The van der Waals surface area contributed by atoms with Crippen molar-refractivity contribution in [3.63, 3.8) is 0 Å². The predicted molar refractivity (Wildman–Crippen MR) is 90.9 cm³/mol. The molecule has 0 saturated carbocycles. The molecule has 0 fully saturated rings. The molecule has 0 unspecified atom stereocenters. The zero-order valence-corrected chi connectivity index (χ0v) is 13.5. The molecule has 1 aliphatic rings. The number of nitrogens with zero attached hydrogens (tertiary/aromatic N) is 4. The number of aromatic nitrogens is 2. The summed E-state index contributed by atoms with van der Waals surface area (Å²) in [5, 5.41) is 3.15. The number of carbonyl (C=O) groups is 1. The summed E-state index contributed by atoms with van der Waals surface area (Å²) in [6, 6.07) is 9.68. The van der Waals surface area contributed by atoms with E-state index in [2.05, 4.69) is 26.3 Å². The highest BCUT2D eigenvalue weighted by Crippen LogP contribution is 2.28. The standard InChI is InChI=1S/C17H21N5O/c1-21(2)12-10-19-17-18-9-7-14(20-17)16(23)22-11-8-13-5-3-4-6-15(13)22/h3-7,9H,8,10-12H2,1-2H3,(H,18,19,20). The van der Waals surface area contributed by atoms with Gasteiger partial charge < -0.3 is 15.1 Å². The van der Waals surface area contributed by atoms with Crippen LogP contribution >= 0.6 is 0 Å². The Hall–Kier alpha value is -2.47. The Labute approximate surface area is 136 Å². The van der Waals surface area contributed by atoms with Crippen molar-refractivity contribution in [2.75, 3.05) is 43.9 Å².